The lowest BCUT2D eigenvalue weighted by Crippen LogP contribution is -2.46. The molecule has 4 nitrogen and oxygen atoms in total. The van der Waals surface area contributed by atoms with Crippen LogP contribution >= 0.6 is 0 Å². The van der Waals surface area contributed by atoms with E-state index in [0.29, 0.717) is 0 Å². The number of benzene rings is 1. The zero-order valence-corrected chi connectivity index (χ0v) is 10.5. The highest BCUT2D eigenvalue weighted by Gasteiger charge is 2.45. The van der Waals surface area contributed by atoms with Crippen molar-refractivity contribution in [1.82, 2.24) is 10.6 Å². The number of carbonyl (C=O) groups is 1. The third-order valence-electron chi connectivity index (χ3n) is 3.95. The Morgan fingerprint density at radius 2 is 1.89 bits per heavy atom. The number of ether oxygens (including phenoxy) is 1. The van der Waals surface area contributed by atoms with E-state index in [4.69, 9.17) is 4.74 Å². The second kappa shape index (κ2) is 4.28. The molecule has 1 saturated carbocycles. The Hall–Kier alpha value is -1.55. The SMILES string of the molecule is COc1ccc([C@@H]2NC3(CCCC3)NC2=O)cc1. The minimum absolute atomic E-state index is 0.0852. The van der Waals surface area contributed by atoms with E-state index in [1.54, 1.807) is 7.11 Å². The van der Waals surface area contributed by atoms with Crippen LogP contribution in [0.15, 0.2) is 24.3 Å². The molecule has 4 heteroatoms. The number of methoxy groups -OCH3 is 1. The summed E-state index contributed by atoms with van der Waals surface area (Å²) in [6, 6.07) is 7.45. The van der Waals surface area contributed by atoms with E-state index >= 15 is 0 Å². The molecule has 1 aromatic carbocycles. The number of nitrogens with one attached hydrogen (secondary N) is 2. The van der Waals surface area contributed by atoms with E-state index in [-0.39, 0.29) is 17.6 Å². The summed E-state index contributed by atoms with van der Waals surface area (Å²) in [7, 11) is 1.64. The minimum atomic E-state index is -0.228. The van der Waals surface area contributed by atoms with E-state index in [9.17, 15) is 4.79 Å². The fraction of sp³-hybridized carbons (Fsp3) is 0.500. The monoisotopic (exact) mass is 246 g/mol. The van der Waals surface area contributed by atoms with Crippen LogP contribution in [-0.4, -0.2) is 18.7 Å². The van der Waals surface area contributed by atoms with Gasteiger partial charge < -0.3 is 10.1 Å². The molecule has 1 aliphatic carbocycles. The van der Waals surface area contributed by atoms with Crippen molar-refractivity contribution in [3.63, 3.8) is 0 Å². The van der Waals surface area contributed by atoms with Crippen LogP contribution in [-0.2, 0) is 4.79 Å². The van der Waals surface area contributed by atoms with Gasteiger partial charge in [0.25, 0.3) is 0 Å². The standard InChI is InChI=1S/C14H18N2O2/c1-18-11-6-4-10(5-7-11)12-13(17)16-14(15-12)8-2-3-9-14/h4-7,12,15H,2-3,8-9H2,1H3,(H,16,17)/t12-/m0/s1. The Morgan fingerprint density at radius 3 is 2.50 bits per heavy atom. The zero-order chi connectivity index (χ0) is 12.6. The molecular weight excluding hydrogens is 228 g/mol. The van der Waals surface area contributed by atoms with Crippen molar-refractivity contribution in [3.05, 3.63) is 29.8 Å². The van der Waals surface area contributed by atoms with E-state index < -0.39 is 0 Å². The molecule has 2 fully saturated rings. The smallest absolute Gasteiger partial charge is 0.243 e. The van der Waals surface area contributed by atoms with Crippen molar-refractivity contribution in [2.75, 3.05) is 7.11 Å². The van der Waals surface area contributed by atoms with Gasteiger partial charge in [-0.05, 0) is 43.4 Å². The molecule has 0 unspecified atom stereocenters. The number of hydrogen-bond acceptors (Lipinski definition) is 3. The van der Waals surface area contributed by atoms with Gasteiger partial charge in [0, 0.05) is 0 Å². The van der Waals surface area contributed by atoms with Gasteiger partial charge in [-0.25, -0.2) is 0 Å². The number of carbonyl (C=O) groups excluding carboxylic acids is 1. The van der Waals surface area contributed by atoms with Gasteiger partial charge in [0.05, 0.1) is 12.8 Å². The highest BCUT2D eigenvalue weighted by Crippen LogP contribution is 2.34. The molecule has 1 aliphatic heterocycles. The third-order valence-corrected chi connectivity index (χ3v) is 3.95. The highest BCUT2D eigenvalue weighted by molar-refractivity contribution is 5.86. The maximum absolute atomic E-state index is 12.1. The summed E-state index contributed by atoms with van der Waals surface area (Å²) in [5.74, 6) is 0.898. The normalized spacial score (nSPS) is 25.4. The molecule has 18 heavy (non-hydrogen) atoms. The molecule has 2 aliphatic rings. The van der Waals surface area contributed by atoms with E-state index in [1.165, 1.54) is 12.8 Å². The average molecular weight is 246 g/mol. The molecule has 0 radical (unpaired) electrons. The summed E-state index contributed by atoms with van der Waals surface area (Å²) in [4.78, 5) is 12.1. The van der Waals surface area contributed by atoms with E-state index in [2.05, 4.69) is 10.6 Å². The van der Waals surface area contributed by atoms with Crippen LogP contribution in [0.1, 0.15) is 37.3 Å². The minimum Gasteiger partial charge on any atom is -0.497 e. The average Bonchev–Trinajstić information content (AvgIpc) is 2.97. The summed E-state index contributed by atoms with van der Waals surface area (Å²) in [6.07, 6.45) is 4.43. The molecule has 1 spiro atoms. The molecule has 1 amide bonds. The largest absolute Gasteiger partial charge is 0.497 e. The van der Waals surface area contributed by atoms with Gasteiger partial charge in [-0.3, -0.25) is 10.1 Å². The molecule has 96 valence electrons. The molecule has 1 heterocycles. The summed E-state index contributed by atoms with van der Waals surface area (Å²) in [5, 5.41) is 6.59. The van der Waals surface area contributed by atoms with Gasteiger partial charge in [-0.15, -0.1) is 0 Å². The van der Waals surface area contributed by atoms with Crippen molar-refractivity contribution < 1.29 is 9.53 Å². The van der Waals surface area contributed by atoms with Gasteiger partial charge in [-0.1, -0.05) is 12.1 Å². The number of amides is 1. The van der Waals surface area contributed by atoms with Crippen molar-refractivity contribution in [1.29, 1.82) is 0 Å². The first-order valence-electron chi connectivity index (χ1n) is 6.46. The first-order chi connectivity index (χ1) is 8.72. The Balaban J connectivity index is 1.81. The Kier molecular flexibility index (Phi) is 2.74. The summed E-state index contributed by atoms with van der Waals surface area (Å²) in [6.45, 7) is 0. The lowest BCUT2D eigenvalue weighted by molar-refractivity contribution is -0.121. The summed E-state index contributed by atoms with van der Waals surface area (Å²) in [5.41, 5.74) is 0.846. The Morgan fingerprint density at radius 1 is 1.22 bits per heavy atom. The highest BCUT2D eigenvalue weighted by atomic mass is 16.5. The maximum Gasteiger partial charge on any atom is 0.243 e. The van der Waals surface area contributed by atoms with Crippen LogP contribution in [0.4, 0.5) is 0 Å². The van der Waals surface area contributed by atoms with Crippen LogP contribution in [0.25, 0.3) is 0 Å². The first kappa shape index (κ1) is 11.5. The molecule has 0 aromatic heterocycles. The molecule has 2 N–H and O–H groups in total. The van der Waals surface area contributed by atoms with Crippen molar-refractivity contribution >= 4 is 5.91 Å². The summed E-state index contributed by atoms with van der Waals surface area (Å²) < 4.78 is 5.13. The molecule has 1 atom stereocenters. The predicted molar refractivity (Wildman–Crippen MR) is 68.2 cm³/mol. The second-order valence-electron chi connectivity index (χ2n) is 5.13. The maximum atomic E-state index is 12.1. The fourth-order valence-corrected chi connectivity index (χ4v) is 2.96. The summed E-state index contributed by atoms with van der Waals surface area (Å²) >= 11 is 0. The molecule has 1 saturated heterocycles. The predicted octanol–water partition coefficient (Wildman–Crippen LogP) is 1.73. The third kappa shape index (κ3) is 1.86. The molecule has 3 rings (SSSR count). The molecule has 1 aromatic rings. The van der Waals surface area contributed by atoms with Gasteiger partial charge in [0.1, 0.15) is 11.8 Å². The van der Waals surface area contributed by atoms with E-state index in [1.807, 2.05) is 24.3 Å². The Bertz CT molecular complexity index is 449. The number of hydrogen-bond donors (Lipinski definition) is 2. The molecule has 0 bridgehead atoms. The van der Waals surface area contributed by atoms with E-state index in [0.717, 1.165) is 24.2 Å². The fourth-order valence-electron chi connectivity index (χ4n) is 2.96. The van der Waals surface area contributed by atoms with Crippen molar-refractivity contribution in [2.45, 2.75) is 37.4 Å². The molecular formula is C14H18N2O2. The van der Waals surface area contributed by atoms with Crippen molar-refractivity contribution in [3.8, 4) is 5.75 Å². The quantitative estimate of drug-likeness (QED) is 0.835. The van der Waals surface area contributed by atoms with Gasteiger partial charge in [-0.2, -0.15) is 0 Å². The van der Waals surface area contributed by atoms with Crippen LogP contribution < -0.4 is 15.4 Å². The van der Waals surface area contributed by atoms with Gasteiger partial charge in [0.2, 0.25) is 5.91 Å². The van der Waals surface area contributed by atoms with Crippen LogP contribution in [0.3, 0.4) is 0 Å². The lowest BCUT2D eigenvalue weighted by Gasteiger charge is -2.23. The topological polar surface area (TPSA) is 50.4 Å². The van der Waals surface area contributed by atoms with Crippen LogP contribution in [0.2, 0.25) is 0 Å². The lowest BCUT2D eigenvalue weighted by atomic mass is 10.1. The second-order valence-corrected chi connectivity index (χ2v) is 5.13. The van der Waals surface area contributed by atoms with Gasteiger partial charge >= 0.3 is 0 Å². The van der Waals surface area contributed by atoms with Gasteiger partial charge in [0.15, 0.2) is 0 Å². The number of rotatable bonds is 2. The van der Waals surface area contributed by atoms with Crippen LogP contribution in [0.5, 0.6) is 5.75 Å². The first-order valence-corrected chi connectivity index (χ1v) is 6.46. The van der Waals surface area contributed by atoms with Crippen LogP contribution in [0, 0.1) is 0 Å². The Labute approximate surface area is 107 Å². The zero-order valence-electron chi connectivity index (χ0n) is 10.5. The van der Waals surface area contributed by atoms with Crippen molar-refractivity contribution in [2.24, 2.45) is 0 Å².